The molecule has 0 spiro atoms. The van der Waals surface area contributed by atoms with Gasteiger partial charge in [0.25, 0.3) is 35.5 Å². The number of nitrogens with one attached hydrogen (secondary N) is 1. The van der Waals surface area contributed by atoms with Crippen molar-refractivity contribution in [3.63, 3.8) is 0 Å². The van der Waals surface area contributed by atoms with Gasteiger partial charge in [0.1, 0.15) is 17.0 Å². The van der Waals surface area contributed by atoms with Crippen LogP contribution < -0.4 is 21.3 Å². The lowest BCUT2D eigenvalue weighted by Crippen LogP contribution is -2.59. The summed E-state index contributed by atoms with van der Waals surface area (Å²) in [5.74, 6) is -0.406. The number of carbonyl (C=O) groups excluding carboxylic acids is 7. The monoisotopic (exact) mass is 2020 g/mol. The molecular weight excluding hydrogens is 1880 g/mol. The first-order chi connectivity index (χ1) is 65.9. The normalized spacial score (nSPS) is 21.3. The van der Waals surface area contributed by atoms with E-state index in [1.165, 1.54) is 158 Å². The van der Waals surface area contributed by atoms with Crippen molar-refractivity contribution in [1.29, 1.82) is 0 Å². The van der Waals surface area contributed by atoms with E-state index in [1.807, 2.05) is 114 Å². The molecule has 2 aliphatic heterocycles. The van der Waals surface area contributed by atoms with Crippen LogP contribution in [0.2, 0.25) is 21.6 Å². The standard InChI is InChI=1S/C19H31N3O2Si.C16H21NO.C15H22BNO4.C12H14ClNO2.C12H16N4O2.C10H17NO2.C9H11BFNO4.C7H12F2N2O2.ClH/c1-13(2)25(14(3)4,15(5)6)22-10-9-16-11-17(12-20-18(16)22)19(23)21(7)24-8;18-17(15-4-2-1-3-5-15)16-9-12-6-13(10-16)8-14(7-12)11-16;1-14(2)15(3,4)21-16(20-14)12-9-7-8-11(10-12)13(18)17(5)19-6;1-14(16-2)12(15)11-7-10(11)8-3-5-9(13)6-4-8;1-8(2)16-11-7-9(12(17)15(3)18-4)5-6-10(11)13-14-16;1-11(13-2)10(12)9-6-7-3-4-8(9)5-7;1-12(16-2)9(13)7-4-3-6(10(14)15)5-8(7)11;1-11(13-2)6(12)5-3-7(8,9)4-10-5;/h9-15H,1-8H3;1-5,12-14,18H,6-11H2;7-10H,1-6H3;3-6,10-11H,7H2,1-2H3;5-8H,1-4H3;7-9H,3-6H2,1-2H3;3-5,14-15H,1-2H3;5,10H,3-4H2,1-2H3;1H/t;;;10-,11+;;7-,8+,9?;;5-;/m...1.1.0./s1. The van der Waals surface area contributed by atoms with Gasteiger partial charge in [0, 0.05) is 101 Å². The van der Waals surface area contributed by atoms with Crippen molar-refractivity contribution in [3.05, 3.63) is 178 Å². The maximum atomic E-state index is 13.4. The number of anilines is 1. The second-order valence-corrected chi connectivity index (χ2v) is 45.5. The van der Waals surface area contributed by atoms with Crippen molar-refractivity contribution in [3.8, 4) is 0 Å². The van der Waals surface area contributed by atoms with Gasteiger partial charge in [0.2, 0.25) is 11.8 Å². The number of carbonyl (C=O) groups is 7. The first-order valence-electron chi connectivity index (χ1n) is 47.5. The summed E-state index contributed by atoms with van der Waals surface area (Å²) in [6.45, 7) is 25.6. The maximum Gasteiger partial charge on any atom is 0.494 e. The predicted octanol–water partition coefficient (Wildman–Crippen LogP) is 15.3. The van der Waals surface area contributed by atoms with Crippen molar-refractivity contribution >= 4 is 127 Å². The van der Waals surface area contributed by atoms with Crippen molar-refractivity contribution in [2.24, 2.45) is 41.4 Å². The van der Waals surface area contributed by atoms with E-state index < -0.39 is 76.2 Å². The van der Waals surface area contributed by atoms with Crippen molar-refractivity contribution in [1.82, 2.24) is 65.0 Å². The number of hydroxylamine groups is 15. The predicted molar refractivity (Wildman–Crippen MR) is 540 cm³/mol. The fourth-order valence-corrected chi connectivity index (χ4v) is 27.2. The van der Waals surface area contributed by atoms with Gasteiger partial charge in [-0.2, -0.15) is 0 Å². The van der Waals surface area contributed by atoms with Crippen LogP contribution in [0.1, 0.15) is 219 Å². The van der Waals surface area contributed by atoms with E-state index in [0.29, 0.717) is 45.1 Å². The molecule has 41 heteroatoms. The Balaban J connectivity index is 0.000000199. The van der Waals surface area contributed by atoms with E-state index in [2.05, 4.69) is 88.3 Å². The first-order valence-corrected chi connectivity index (χ1v) is 50.1. The Morgan fingerprint density at radius 1 is 0.553 bits per heavy atom. The van der Waals surface area contributed by atoms with Crippen molar-refractivity contribution in [2.75, 3.05) is 111 Å². The van der Waals surface area contributed by atoms with Crippen LogP contribution in [0.4, 0.5) is 18.9 Å². The van der Waals surface area contributed by atoms with Crippen LogP contribution in [-0.2, 0) is 57.6 Å². The number of hydrogen-bond acceptors (Lipinski definition) is 24. The molecule has 9 fully saturated rings. The summed E-state index contributed by atoms with van der Waals surface area (Å²) in [6, 6.07) is 37.0. The number of fused-ring (bicyclic) bond motifs is 4. The Morgan fingerprint density at radius 2 is 1.06 bits per heavy atom. The number of likely N-dealkylation sites (N-methyl/N-ethyl adjacent to an activating group) is 1. The molecule has 17 rings (SSSR count). The number of alkyl halides is 2. The summed E-state index contributed by atoms with van der Waals surface area (Å²) in [6.07, 6.45) is 17.1. The molecule has 5 heterocycles. The van der Waals surface area contributed by atoms with Gasteiger partial charge in [-0.05, 0) is 259 Å². The zero-order chi connectivity index (χ0) is 104. The minimum atomic E-state index is -2.78. The minimum Gasteiger partial charge on any atom is -0.423 e. The number of para-hydroxylation sites is 1. The molecule has 0 radical (unpaired) electrons. The van der Waals surface area contributed by atoms with Crippen LogP contribution in [0.25, 0.3) is 22.1 Å². The zero-order valence-electron chi connectivity index (χ0n) is 86.2. The molecule has 1 unspecified atom stereocenters. The molecular formula is C100H145B2Cl2F3N14O19Si. The van der Waals surface area contributed by atoms with Gasteiger partial charge in [-0.3, -0.25) is 83.0 Å². The van der Waals surface area contributed by atoms with Crippen LogP contribution in [0.5, 0.6) is 0 Å². The van der Waals surface area contributed by atoms with Crippen molar-refractivity contribution < 1.29 is 105 Å². The highest BCUT2D eigenvalue weighted by Crippen LogP contribution is 2.58. The van der Waals surface area contributed by atoms with E-state index in [1.54, 1.807) is 88.6 Å². The lowest BCUT2D eigenvalue weighted by Gasteiger charge is -2.59. The fraction of sp³-hybridized carbons (Fsp3) is 0.560. The highest BCUT2D eigenvalue weighted by Gasteiger charge is 2.56. The van der Waals surface area contributed by atoms with Crippen LogP contribution in [-0.4, -0.2) is 273 Å². The number of rotatable bonds is 24. The van der Waals surface area contributed by atoms with Crippen LogP contribution in [0.15, 0.2) is 140 Å². The highest BCUT2D eigenvalue weighted by atomic mass is 35.5. The van der Waals surface area contributed by atoms with Crippen molar-refractivity contribution in [2.45, 2.75) is 217 Å². The summed E-state index contributed by atoms with van der Waals surface area (Å²) in [7, 11) is 16.8. The lowest BCUT2D eigenvalue weighted by atomic mass is 9.53. The Bertz CT molecular complexity index is 5410. The summed E-state index contributed by atoms with van der Waals surface area (Å²) in [4.78, 5) is 121. The van der Waals surface area contributed by atoms with Gasteiger partial charge in [-0.1, -0.05) is 113 Å². The number of halogens is 5. The van der Waals surface area contributed by atoms with Gasteiger partial charge in [-0.15, -0.1) is 17.5 Å². The van der Waals surface area contributed by atoms with E-state index in [4.69, 9.17) is 55.1 Å². The van der Waals surface area contributed by atoms with Gasteiger partial charge in [0.15, 0.2) is 8.24 Å². The molecule has 33 nitrogen and oxygen atoms in total. The molecule has 141 heavy (non-hydrogen) atoms. The Morgan fingerprint density at radius 3 is 1.52 bits per heavy atom. The lowest BCUT2D eigenvalue weighted by molar-refractivity contribution is -0.175. The van der Waals surface area contributed by atoms with E-state index in [-0.39, 0.29) is 76.4 Å². The number of hydrogen-bond donors (Lipinski definition) is 4. The van der Waals surface area contributed by atoms with Gasteiger partial charge in [0.05, 0.1) is 101 Å². The molecule has 8 aromatic rings. The number of benzene rings is 5. The molecule has 7 aliphatic carbocycles. The molecule has 5 aromatic carbocycles. The van der Waals surface area contributed by atoms with E-state index in [0.717, 1.165) is 90.9 Å². The molecule has 2 saturated heterocycles. The smallest absolute Gasteiger partial charge is 0.423 e. The number of pyridine rings is 1. The summed E-state index contributed by atoms with van der Waals surface area (Å²) >= 11 is 5.81. The largest absolute Gasteiger partial charge is 0.494 e. The van der Waals surface area contributed by atoms with Gasteiger partial charge in [-0.25, -0.2) is 58.3 Å². The summed E-state index contributed by atoms with van der Waals surface area (Å²) in [5.41, 5.74) is 8.00. The molecule has 7 amide bonds. The number of nitrogens with zero attached hydrogens (tertiary/aromatic N) is 13. The molecule has 6 bridgehead atoms. The molecule has 774 valence electrons. The second kappa shape index (κ2) is 50.8. The number of amides is 7. The highest BCUT2D eigenvalue weighted by molar-refractivity contribution is 6.82. The average Bonchev–Trinajstić information content (AvgIpc) is 1.16. The SMILES string of the molecule is CON(C)C(=O)C1C[C@@H]2CC[C@H]1C2.CON(C)C(=O)[C@@H]1CC(F)(F)CN1.CON(C)C(=O)[C@H]1C[C@@H]1c1ccc(Cl)cc1.CON(C)C(=O)c1ccc(B(O)O)cc1F.CON(C)C(=O)c1ccc2nnn(C(C)C)c2c1.CON(C)C(=O)c1cccc(B2OC(C)(C)C(C)(C)O2)c1.CON(C)C(=O)c1cnc2c(ccn2[Si](C(C)C)(C(C)C)C(C)C)c1.Cl.ON(c1ccccc1)C12CC3CC(CC(C3)C1)C2. The third kappa shape index (κ3) is 28.4. The van der Waals surface area contributed by atoms with Crippen LogP contribution in [0, 0.1) is 47.2 Å². The summed E-state index contributed by atoms with van der Waals surface area (Å²) < 4.78 is 55.0. The topological polar surface area (TPSA) is 350 Å². The minimum absolute atomic E-state index is 0. The fourth-order valence-electron chi connectivity index (χ4n) is 20.6. The van der Waals surface area contributed by atoms with E-state index in [9.17, 15) is 51.9 Å². The first kappa shape index (κ1) is 117. The number of aromatic nitrogens is 5. The molecule has 6 atom stereocenters. The zero-order valence-corrected chi connectivity index (χ0v) is 88.8. The Labute approximate surface area is 839 Å². The molecule has 7 saturated carbocycles. The molecule has 3 aromatic heterocycles. The quantitative estimate of drug-likeness (QED) is 0.0322. The average molecular weight is 2020 g/mol. The van der Waals surface area contributed by atoms with Gasteiger partial charge >= 0.3 is 14.2 Å². The van der Waals surface area contributed by atoms with Gasteiger partial charge < -0.3 is 23.6 Å². The third-order valence-electron chi connectivity index (χ3n) is 28.7. The maximum absolute atomic E-state index is 13.4. The third-order valence-corrected chi connectivity index (χ3v) is 35.7. The Kier molecular flexibility index (Phi) is 42.1. The van der Waals surface area contributed by atoms with Crippen LogP contribution in [0.3, 0.4) is 0 Å². The molecule has 9 aliphatic rings. The molecule has 4 N–H and O–H groups in total. The summed E-state index contributed by atoms with van der Waals surface area (Å²) in [5, 5.41) is 50.3. The van der Waals surface area contributed by atoms with E-state index >= 15 is 0 Å². The Hall–Kier alpha value is -9.52. The van der Waals surface area contributed by atoms with Crippen LogP contribution >= 0.6 is 24.0 Å². The second-order valence-electron chi connectivity index (χ2n) is 39.4.